The lowest BCUT2D eigenvalue weighted by atomic mass is 10.0. The molecule has 0 fully saturated rings. The van der Waals surface area contributed by atoms with E-state index < -0.39 is 6.10 Å². The van der Waals surface area contributed by atoms with Crippen molar-refractivity contribution in [2.24, 2.45) is 0 Å². The lowest BCUT2D eigenvalue weighted by molar-refractivity contribution is -0.167. The van der Waals surface area contributed by atoms with Gasteiger partial charge in [0, 0.05) is 19.3 Å². The minimum atomic E-state index is -0.795. The highest BCUT2D eigenvalue weighted by Crippen LogP contribution is 2.14. The van der Waals surface area contributed by atoms with Crippen LogP contribution in [0.5, 0.6) is 0 Å². The van der Waals surface area contributed by atoms with Gasteiger partial charge in [-0.25, -0.2) is 0 Å². The van der Waals surface area contributed by atoms with Crippen LogP contribution in [0.4, 0.5) is 0 Å². The molecule has 52 heavy (non-hydrogen) atoms. The first-order valence-electron chi connectivity index (χ1n) is 21.3. The summed E-state index contributed by atoms with van der Waals surface area (Å²) < 4.78 is 16.6. The largest absolute Gasteiger partial charge is 0.462 e. The molecule has 0 amide bonds. The van der Waals surface area contributed by atoms with E-state index in [0.29, 0.717) is 25.7 Å². The fourth-order valence-electron chi connectivity index (χ4n) is 5.63. The molecule has 0 spiro atoms. The molecule has 6 heteroatoms. The van der Waals surface area contributed by atoms with E-state index in [0.717, 1.165) is 64.2 Å². The average Bonchev–Trinajstić information content (AvgIpc) is 3.14. The van der Waals surface area contributed by atoms with E-state index >= 15 is 0 Å². The zero-order chi connectivity index (χ0) is 38.0. The number of ether oxygens (including phenoxy) is 3. The molecule has 1 unspecified atom stereocenters. The first-order valence-corrected chi connectivity index (χ1v) is 21.3. The van der Waals surface area contributed by atoms with Gasteiger partial charge in [0.05, 0.1) is 0 Å². The quantitative estimate of drug-likeness (QED) is 0.0208. The Labute approximate surface area is 320 Å². The highest BCUT2D eigenvalue weighted by Gasteiger charge is 2.19. The highest BCUT2D eigenvalue weighted by atomic mass is 16.6. The third-order valence-corrected chi connectivity index (χ3v) is 8.85. The van der Waals surface area contributed by atoms with Gasteiger partial charge in [-0.15, -0.1) is 0 Å². The van der Waals surface area contributed by atoms with Gasteiger partial charge in [0.15, 0.2) is 6.10 Å². The van der Waals surface area contributed by atoms with Gasteiger partial charge in [0.25, 0.3) is 0 Å². The Hall–Kier alpha value is -2.89. The minimum absolute atomic E-state index is 0.102. The molecule has 1 atom stereocenters. The van der Waals surface area contributed by atoms with Gasteiger partial charge >= 0.3 is 17.9 Å². The van der Waals surface area contributed by atoms with Crippen LogP contribution in [0.3, 0.4) is 0 Å². The van der Waals surface area contributed by atoms with Crippen LogP contribution in [0.25, 0.3) is 0 Å². The molecule has 0 aliphatic rings. The minimum Gasteiger partial charge on any atom is -0.462 e. The smallest absolute Gasteiger partial charge is 0.306 e. The van der Waals surface area contributed by atoms with Crippen LogP contribution < -0.4 is 0 Å². The van der Waals surface area contributed by atoms with Crippen molar-refractivity contribution < 1.29 is 28.6 Å². The maximum absolute atomic E-state index is 12.7. The van der Waals surface area contributed by atoms with E-state index in [4.69, 9.17) is 14.2 Å². The summed E-state index contributed by atoms with van der Waals surface area (Å²) in [6.45, 7) is 6.37. The van der Waals surface area contributed by atoms with Gasteiger partial charge in [-0.1, -0.05) is 178 Å². The molecular weight excluding hydrogens is 648 g/mol. The van der Waals surface area contributed by atoms with Crippen molar-refractivity contribution in [1.29, 1.82) is 0 Å². The molecule has 0 aliphatic carbocycles. The van der Waals surface area contributed by atoms with Gasteiger partial charge in [-0.05, 0) is 57.8 Å². The molecule has 0 aromatic carbocycles. The van der Waals surface area contributed by atoms with Crippen molar-refractivity contribution in [3.05, 3.63) is 60.8 Å². The van der Waals surface area contributed by atoms with Crippen molar-refractivity contribution in [1.82, 2.24) is 0 Å². The van der Waals surface area contributed by atoms with Crippen LogP contribution in [0.15, 0.2) is 60.8 Å². The van der Waals surface area contributed by atoms with Crippen LogP contribution in [0, 0.1) is 0 Å². The van der Waals surface area contributed by atoms with Crippen LogP contribution in [0.1, 0.15) is 194 Å². The van der Waals surface area contributed by atoms with Gasteiger partial charge < -0.3 is 14.2 Å². The summed E-state index contributed by atoms with van der Waals surface area (Å²) in [4.78, 5) is 37.5. The fourth-order valence-corrected chi connectivity index (χ4v) is 5.63. The number of hydrogen-bond donors (Lipinski definition) is 0. The molecule has 0 aromatic rings. The zero-order valence-corrected chi connectivity index (χ0v) is 33.8. The second-order valence-corrected chi connectivity index (χ2v) is 14.0. The van der Waals surface area contributed by atoms with Gasteiger partial charge in [0.2, 0.25) is 0 Å². The molecular formula is C46H78O6. The second-order valence-electron chi connectivity index (χ2n) is 14.0. The van der Waals surface area contributed by atoms with E-state index in [-0.39, 0.29) is 31.1 Å². The van der Waals surface area contributed by atoms with Crippen molar-refractivity contribution in [3.63, 3.8) is 0 Å². The molecule has 6 nitrogen and oxygen atoms in total. The number of allylic oxidation sites excluding steroid dienone is 10. The number of unbranched alkanes of at least 4 members (excludes halogenated alkanes) is 19. The average molecular weight is 727 g/mol. The van der Waals surface area contributed by atoms with Gasteiger partial charge in [-0.3, -0.25) is 14.4 Å². The standard InChI is InChI=1S/C46H78O6/c1-4-7-10-13-16-19-21-23-25-27-30-33-36-39-45(48)51-42-43(41-50-44(47)38-35-32-29-26-18-15-12-9-6-3)52-46(49)40-37-34-31-28-24-22-20-17-14-11-8-5-2/h7,10,13,16,19,21,23,25-26,29,43H,4-6,8-9,11-12,14-15,17-18,20,22,24,27-28,30-42H2,1-3H3/b10-7-,16-13-,21-19-,25-23-,29-26-. The number of esters is 3. The molecule has 0 radical (unpaired) electrons. The summed E-state index contributed by atoms with van der Waals surface area (Å²) in [6, 6.07) is 0. The van der Waals surface area contributed by atoms with Crippen LogP contribution in [-0.4, -0.2) is 37.2 Å². The first kappa shape index (κ1) is 49.1. The summed E-state index contributed by atoms with van der Waals surface area (Å²) in [5.41, 5.74) is 0. The van der Waals surface area contributed by atoms with Crippen molar-refractivity contribution in [3.8, 4) is 0 Å². The third-order valence-electron chi connectivity index (χ3n) is 8.85. The third kappa shape index (κ3) is 38.3. The Balaban J connectivity index is 4.47. The summed E-state index contributed by atoms with van der Waals surface area (Å²) in [6.07, 6.45) is 47.8. The van der Waals surface area contributed by atoms with Gasteiger partial charge in [0.1, 0.15) is 13.2 Å². The topological polar surface area (TPSA) is 78.9 Å². The SMILES string of the molecule is CC\C=C/C=C\C=C/C=C\CCCCCC(=O)OCC(COC(=O)CCC/C=C\CCCCCC)OC(=O)CCCCCCCCCCCCCC. The first-order chi connectivity index (χ1) is 25.5. The Morgan fingerprint density at radius 3 is 1.33 bits per heavy atom. The predicted octanol–water partition coefficient (Wildman–Crippen LogP) is 13.4. The maximum atomic E-state index is 12.7. The second kappa shape index (κ2) is 40.9. The summed E-state index contributed by atoms with van der Waals surface area (Å²) in [7, 11) is 0. The highest BCUT2D eigenvalue weighted by molar-refractivity contribution is 5.71. The van der Waals surface area contributed by atoms with E-state index in [1.54, 1.807) is 0 Å². The Bertz CT molecular complexity index is 975. The number of hydrogen-bond acceptors (Lipinski definition) is 6. The number of carbonyl (C=O) groups excluding carboxylic acids is 3. The van der Waals surface area contributed by atoms with Crippen molar-refractivity contribution in [2.75, 3.05) is 13.2 Å². The molecule has 0 bridgehead atoms. The van der Waals surface area contributed by atoms with Crippen molar-refractivity contribution >= 4 is 17.9 Å². The summed E-state index contributed by atoms with van der Waals surface area (Å²) in [5.74, 6) is -0.979. The van der Waals surface area contributed by atoms with E-state index in [2.05, 4.69) is 45.1 Å². The number of rotatable bonds is 37. The lowest BCUT2D eigenvalue weighted by Crippen LogP contribution is -2.30. The Morgan fingerprint density at radius 1 is 0.404 bits per heavy atom. The van der Waals surface area contributed by atoms with Gasteiger partial charge in [-0.2, -0.15) is 0 Å². The monoisotopic (exact) mass is 727 g/mol. The number of carbonyl (C=O) groups is 3. The molecule has 0 saturated heterocycles. The molecule has 0 heterocycles. The fraction of sp³-hybridized carbons (Fsp3) is 0.717. The molecule has 0 saturated carbocycles. The van der Waals surface area contributed by atoms with E-state index in [1.807, 2.05) is 36.5 Å². The Kier molecular flexibility index (Phi) is 38.6. The maximum Gasteiger partial charge on any atom is 0.306 e. The van der Waals surface area contributed by atoms with Crippen molar-refractivity contribution in [2.45, 2.75) is 200 Å². The van der Waals surface area contributed by atoms with Crippen LogP contribution in [0.2, 0.25) is 0 Å². The van der Waals surface area contributed by atoms with E-state index in [1.165, 1.54) is 83.5 Å². The predicted molar refractivity (Wildman–Crippen MR) is 219 cm³/mol. The summed E-state index contributed by atoms with van der Waals surface area (Å²) >= 11 is 0. The summed E-state index contributed by atoms with van der Waals surface area (Å²) in [5, 5.41) is 0. The van der Waals surface area contributed by atoms with E-state index in [9.17, 15) is 14.4 Å². The van der Waals surface area contributed by atoms with Crippen LogP contribution in [-0.2, 0) is 28.6 Å². The molecule has 0 N–H and O–H groups in total. The normalized spacial score (nSPS) is 12.6. The zero-order valence-electron chi connectivity index (χ0n) is 33.8. The van der Waals surface area contributed by atoms with Crippen LogP contribution >= 0.6 is 0 Å². The Morgan fingerprint density at radius 2 is 0.788 bits per heavy atom. The lowest BCUT2D eigenvalue weighted by Gasteiger charge is -2.18. The molecule has 298 valence electrons. The molecule has 0 aliphatic heterocycles. The molecule has 0 rings (SSSR count). The molecule has 0 aromatic heterocycles.